The van der Waals surface area contributed by atoms with Crippen molar-refractivity contribution >= 4 is 23.6 Å². The molecule has 0 aliphatic heterocycles. The van der Waals surface area contributed by atoms with Crippen LogP contribution in [0, 0.1) is 19.7 Å². The molecule has 0 atom stereocenters. The highest BCUT2D eigenvalue weighted by Gasteiger charge is 2.10. The number of rotatable bonds is 5. The van der Waals surface area contributed by atoms with E-state index >= 15 is 0 Å². The van der Waals surface area contributed by atoms with Gasteiger partial charge >= 0.3 is 0 Å². The van der Waals surface area contributed by atoms with Crippen molar-refractivity contribution in [3.63, 3.8) is 0 Å². The van der Waals surface area contributed by atoms with E-state index in [9.17, 15) is 14.0 Å². The van der Waals surface area contributed by atoms with Gasteiger partial charge < -0.3 is 0 Å². The summed E-state index contributed by atoms with van der Waals surface area (Å²) in [4.78, 5) is 32.9. The van der Waals surface area contributed by atoms with Gasteiger partial charge in [0.2, 0.25) is 0 Å². The molecule has 0 fully saturated rings. The molecule has 6 nitrogen and oxygen atoms in total. The predicted molar refractivity (Wildman–Crippen MR) is 109 cm³/mol. The van der Waals surface area contributed by atoms with Gasteiger partial charge in [0.25, 0.3) is 11.8 Å². The van der Waals surface area contributed by atoms with E-state index in [-0.39, 0.29) is 5.56 Å². The summed E-state index contributed by atoms with van der Waals surface area (Å²) >= 11 is 1.52. The Bertz CT molecular complexity index is 1020. The Kier molecular flexibility index (Phi) is 6.56. The fourth-order valence-corrected chi connectivity index (χ4v) is 3.45. The Morgan fingerprint density at radius 1 is 0.897 bits per heavy atom. The first-order chi connectivity index (χ1) is 13.9. The second-order valence-corrected chi connectivity index (χ2v) is 7.28. The van der Waals surface area contributed by atoms with E-state index < -0.39 is 17.6 Å². The largest absolute Gasteiger partial charge is 0.269 e. The molecule has 148 valence electrons. The van der Waals surface area contributed by atoms with Crippen molar-refractivity contribution in [3.8, 4) is 0 Å². The van der Waals surface area contributed by atoms with Gasteiger partial charge in [0.05, 0.1) is 0 Å². The van der Waals surface area contributed by atoms with Crippen LogP contribution in [0.15, 0.2) is 59.8 Å². The molecule has 2 N–H and O–H groups in total. The number of carbonyl (C=O) groups excluding carboxylic acids is 2. The number of carbonyl (C=O) groups is 2. The number of nitrogens with one attached hydrogen (secondary N) is 2. The number of benzene rings is 2. The first-order valence-corrected chi connectivity index (χ1v) is 9.79. The zero-order chi connectivity index (χ0) is 20.8. The molecule has 29 heavy (non-hydrogen) atoms. The van der Waals surface area contributed by atoms with E-state index in [0.717, 1.165) is 23.0 Å². The molecule has 0 radical (unpaired) electrons. The number of aryl methyl sites for hydroxylation is 2. The fourth-order valence-electron chi connectivity index (χ4n) is 2.55. The normalized spacial score (nSPS) is 10.4. The lowest BCUT2D eigenvalue weighted by atomic mass is 10.1. The van der Waals surface area contributed by atoms with Crippen LogP contribution in [0.3, 0.4) is 0 Å². The van der Waals surface area contributed by atoms with Crippen molar-refractivity contribution in [1.82, 2.24) is 20.8 Å². The van der Waals surface area contributed by atoms with Crippen LogP contribution >= 0.6 is 11.8 Å². The molecule has 2 amide bonds. The van der Waals surface area contributed by atoms with Gasteiger partial charge in [0.1, 0.15) is 5.82 Å². The summed E-state index contributed by atoms with van der Waals surface area (Å²) in [5.41, 5.74) is 7.96. The van der Waals surface area contributed by atoms with Crippen LogP contribution < -0.4 is 10.9 Å². The molecule has 3 aromatic rings. The lowest BCUT2D eigenvalue weighted by molar-refractivity contribution is 0.0846. The van der Waals surface area contributed by atoms with Crippen LogP contribution in [0.25, 0.3) is 0 Å². The summed E-state index contributed by atoms with van der Waals surface area (Å²) in [6, 6.07) is 14.1. The number of amides is 2. The van der Waals surface area contributed by atoms with Gasteiger partial charge in [-0.3, -0.25) is 20.4 Å². The molecule has 3 rings (SSSR count). The smallest absolute Gasteiger partial charge is 0.267 e. The topological polar surface area (TPSA) is 84.0 Å². The molecule has 0 saturated carbocycles. The van der Waals surface area contributed by atoms with E-state index in [1.807, 2.05) is 32.0 Å². The zero-order valence-corrected chi connectivity index (χ0v) is 16.7. The Balaban J connectivity index is 1.53. The first-order valence-electron chi connectivity index (χ1n) is 8.81. The monoisotopic (exact) mass is 410 g/mol. The van der Waals surface area contributed by atoms with Gasteiger partial charge in [0.15, 0.2) is 5.16 Å². The van der Waals surface area contributed by atoms with E-state index in [1.165, 1.54) is 30.0 Å². The Labute approximate surface area is 171 Å². The molecule has 0 bridgehead atoms. The lowest BCUT2D eigenvalue weighted by Gasteiger charge is -2.08. The van der Waals surface area contributed by atoms with E-state index in [0.29, 0.717) is 16.5 Å². The number of nitrogens with zero attached hydrogens (tertiary/aromatic N) is 2. The summed E-state index contributed by atoms with van der Waals surface area (Å²) in [5, 5.41) is 0.712. The van der Waals surface area contributed by atoms with Crippen molar-refractivity contribution in [1.29, 1.82) is 0 Å². The molecular weight excluding hydrogens is 391 g/mol. The van der Waals surface area contributed by atoms with Gasteiger partial charge in [-0.25, -0.2) is 14.4 Å². The number of thioether (sulfide) groups is 1. The highest BCUT2D eigenvalue weighted by atomic mass is 32.2. The van der Waals surface area contributed by atoms with Crippen LogP contribution in [-0.4, -0.2) is 21.8 Å². The molecule has 0 aliphatic rings. The van der Waals surface area contributed by atoms with Crippen molar-refractivity contribution in [3.05, 3.63) is 88.5 Å². The summed E-state index contributed by atoms with van der Waals surface area (Å²) in [5.74, 6) is -0.921. The van der Waals surface area contributed by atoms with Gasteiger partial charge in [-0.1, -0.05) is 30.0 Å². The lowest BCUT2D eigenvalue weighted by Crippen LogP contribution is -2.41. The third-order valence-electron chi connectivity index (χ3n) is 3.92. The first kappa shape index (κ1) is 20.5. The van der Waals surface area contributed by atoms with E-state index in [1.54, 1.807) is 12.1 Å². The minimum absolute atomic E-state index is 0.117. The number of hydrogen-bond donors (Lipinski definition) is 2. The average molecular weight is 410 g/mol. The van der Waals surface area contributed by atoms with Crippen LogP contribution in [-0.2, 0) is 5.75 Å². The minimum Gasteiger partial charge on any atom is -0.267 e. The summed E-state index contributed by atoms with van der Waals surface area (Å²) in [6.45, 7) is 3.86. The Morgan fingerprint density at radius 2 is 1.52 bits per heavy atom. The van der Waals surface area contributed by atoms with Gasteiger partial charge in [-0.05, 0) is 55.8 Å². The second-order valence-electron chi connectivity index (χ2n) is 6.34. The fraction of sp³-hybridized carbons (Fsp3) is 0.143. The van der Waals surface area contributed by atoms with Gasteiger partial charge in [-0.15, -0.1) is 0 Å². The molecule has 0 unspecified atom stereocenters. The Hall–Kier alpha value is -3.26. The number of hydrazine groups is 1. The van der Waals surface area contributed by atoms with Crippen LogP contribution in [0.4, 0.5) is 4.39 Å². The minimum atomic E-state index is -0.598. The van der Waals surface area contributed by atoms with Gasteiger partial charge in [-0.2, -0.15) is 0 Å². The summed E-state index contributed by atoms with van der Waals surface area (Å²) in [6.07, 6.45) is 0. The third kappa shape index (κ3) is 5.86. The molecule has 2 aromatic carbocycles. The van der Waals surface area contributed by atoms with E-state index in [2.05, 4.69) is 20.8 Å². The predicted octanol–water partition coefficient (Wildman–Crippen LogP) is 3.60. The SMILES string of the molecule is Cc1cc(C)nc(SCc2ccc(C(=O)NNC(=O)c3cccc(F)c3)cc2)n1. The average Bonchev–Trinajstić information content (AvgIpc) is 2.70. The zero-order valence-electron chi connectivity index (χ0n) is 15.9. The molecule has 1 aromatic heterocycles. The number of hydrogen-bond acceptors (Lipinski definition) is 5. The molecular formula is C21H19FN4O2S. The van der Waals surface area contributed by atoms with Crippen LogP contribution in [0.2, 0.25) is 0 Å². The highest BCUT2D eigenvalue weighted by Crippen LogP contribution is 2.20. The van der Waals surface area contributed by atoms with Crippen LogP contribution in [0.1, 0.15) is 37.7 Å². The van der Waals surface area contributed by atoms with Crippen molar-refractivity contribution in [2.75, 3.05) is 0 Å². The quantitative estimate of drug-likeness (QED) is 0.381. The van der Waals surface area contributed by atoms with Crippen LogP contribution in [0.5, 0.6) is 0 Å². The highest BCUT2D eigenvalue weighted by molar-refractivity contribution is 7.98. The van der Waals surface area contributed by atoms with Gasteiger partial charge in [0, 0.05) is 28.3 Å². The Morgan fingerprint density at radius 3 is 2.14 bits per heavy atom. The molecule has 8 heteroatoms. The summed E-state index contributed by atoms with van der Waals surface area (Å²) in [7, 11) is 0. The molecule has 0 spiro atoms. The standard InChI is InChI=1S/C21H19FN4O2S/c1-13-10-14(2)24-21(23-13)29-12-15-6-8-16(9-7-15)19(27)25-26-20(28)17-4-3-5-18(22)11-17/h3-11H,12H2,1-2H3,(H,25,27)(H,26,28). The number of aromatic nitrogens is 2. The maximum absolute atomic E-state index is 13.2. The molecule has 0 saturated heterocycles. The van der Waals surface area contributed by atoms with Crippen molar-refractivity contribution in [2.45, 2.75) is 24.8 Å². The molecule has 0 aliphatic carbocycles. The maximum Gasteiger partial charge on any atom is 0.269 e. The number of halogens is 1. The van der Waals surface area contributed by atoms with Crippen molar-refractivity contribution in [2.24, 2.45) is 0 Å². The maximum atomic E-state index is 13.2. The van der Waals surface area contributed by atoms with E-state index in [4.69, 9.17) is 0 Å². The summed E-state index contributed by atoms with van der Waals surface area (Å²) < 4.78 is 13.2. The third-order valence-corrected chi connectivity index (χ3v) is 4.84. The van der Waals surface area contributed by atoms with Crippen molar-refractivity contribution < 1.29 is 14.0 Å². The second kappa shape index (κ2) is 9.29. The molecule has 1 heterocycles.